The summed E-state index contributed by atoms with van der Waals surface area (Å²) in [5, 5.41) is 2.88. The van der Waals surface area contributed by atoms with Gasteiger partial charge in [0.1, 0.15) is 5.82 Å². The molecule has 3 heteroatoms. The van der Waals surface area contributed by atoms with E-state index in [4.69, 9.17) is 0 Å². The quantitative estimate of drug-likeness (QED) is 0.889. The fourth-order valence-electron chi connectivity index (χ4n) is 2.07. The molecular weight excluding hydrogens is 253 g/mol. The van der Waals surface area contributed by atoms with Gasteiger partial charge < -0.3 is 5.32 Å². The molecular formula is C17H18FNO. The van der Waals surface area contributed by atoms with Gasteiger partial charge in [0.2, 0.25) is 5.91 Å². The highest BCUT2D eigenvalue weighted by Crippen LogP contribution is 2.05. The van der Waals surface area contributed by atoms with Crippen molar-refractivity contribution < 1.29 is 9.18 Å². The number of hydrogen-bond donors (Lipinski definition) is 1. The van der Waals surface area contributed by atoms with Crippen LogP contribution in [-0.2, 0) is 17.6 Å². The summed E-state index contributed by atoms with van der Waals surface area (Å²) >= 11 is 0. The molecule has 0 aliphatic carbocycles. The Morgan fingerprint density at radius 1 is 1.10 bits per heavy atom. The van der Waals surface area contributed by atoms with Crippen LogP contribution in [0, 0.1) is 12.7 Å². The van der Waals surface area contributed by atoms with Gasteiger partial charge in [-0.1, -0.05) is 42.0 Å². The molecule has 0 bridgehead atoms. The Bertz CT molecular complexity index is 578. The van der Waals surface area contributed by atoms with Crippen LogP contribution in [0.15, 0.2) is 48.5 Å². The van der Waals surface area contributed by atoms with E-state index in [1.165, 1.54) is 12.1 Å². The van der Waals surface area contributed by atoms with Crippen LogP contribution >= 0.6 is 0 Å². The maximum absolute atomic E-state index is 12.7. The number of nitrogens with one attached hydrogen (secondary N) is 1. The highest BCUT2D eigenvalue weighted by atomic mass is 19.1. The number of hydrogen-bond acceptors (Lipinski definition) is 1. The second-order valence-corrected chi connectivity index (χ2v) is 4.89. The number of benzene rings is 2. The minimum Gasteiger partial charge on any atom is -0.355 e. The van der Waals surface area contributed by atoms with E-state index in [0.29, 0.717) is 19.4 Å². The van der Waals surface area contributed by atoms with E-state index >= 15 is 0 Å². The van der Waals surface area contributed by atoms with Crippen molar-refractivity contribution >= 4 is 5.91 Å². The molecule has 0 heterocycles. The van der Waals surface area contributed by atoms with E-state index in [9.17, 15) is 9.18 Å². The monoisotopic (exact) mass is 271 g/mol. The molecule has 0 atom stereocenters. The molecule has 0 spiro atoms. The van der Waals surface area contributed by atoms with Crippen LogP contribution in [0.4, 0.5) is 4.39 Å². The van der Waals surface area contributed by atoms with Crippen molar-refractivity contribution in [1.29, 1.82) is 0 Å². The molecule has 20 heavy (non-hydrogen) atoms. The SMILES string of the molecule is Cc1cccc(CC(=O)NCCc2ccc(F)cc2)c1. The van der Waals surface area contributed by atoms with Crippen LogP contribution in [0.3, 0.4) is 0 Å². The van der Waals surface area contributed by atoms with E-state index in [2.05, 4.69) is 5.32 Å². The maximum Gasteiger partial charge on any atom is 0.224 e. The van der Waals surface area contributed by atoms with E-state index < -0.39 is 0 Å². The molecule has 0 aliphatic rings. The van der Waals surface area contributed by atoms with Crippen molar-refractivity contribution in [2.45, 2.75) is 19.8 Å². The number of carbonyl (C=O) groups is 1. The molecule has 2 aromatic carbocycles. The lowest BCUT2D eigenvalue weighted by atomic mass is 10.1. The lowest BCUT2D eigenvalue weighted by molar-refractivity contribution is -0.120. The normalized spacial score (nSPS) is 10.3. The van der Waals surface area contributed by atoms with Crippen LogP contribution in [0.1, 0.15) is 16.7 Å². The molecule has 1 N–H and O–H groups in total. The Morgan fingerprint density at radius 3 is 2.55 bits per heavy atom. The van der Waals surface area contributed by atoms with Crippen molar-refractivity contribution in [2.75, 3.05) is 6.54 Å². The zero-order chi connectivity index (χ0) is 14.4. The third-order valence-corrected chi connectivity index (χ3v) is 3.10. The van der Waals surface area contributed by atoms with Crippen LogP contribution in [0.25, 0.3) is 0 Å². The number of rotatable bonds is 5. The first-order valence-corrected chi connectivity index (χ1v) is 6.70. The molecule has 2 rings (SSSR count). The molecule has 1 amide bonds. The second-order valence-electron chi connectivity index (χ2n) is 4.89. The van der Waals surface area contributed by atoms with Gasteiger partial charge in [-0.15, -0.1) is 0 Å². The third kappa shape index (κ3) is 4.50. The Hall–Kier alpha value is -2.16. The summed E-state index contributed by atoms with van der Waals surface area (Å²) in [6, 6.07) is 14.3. The lowest BCUT2D eigenvalue weighted by Gasteiger charge is -2.06. The summed E-state index contributed by atoms with van der Waals surface area (Å²) in [4.78, 5) is 11.8. The number of halogens is 1. The summed E-state index contributed by atoms with van der Waals surface area (Å²) in [7, 11) is 0. The first-order chi connectivity index (χ1) is 9.63. The standard InChI is InChI=1S/C17H18FNO/c1-13-3-2-4-15(11-13)12-17(20)19-10-9-14-5-7-16(18)8-6-14/h2-8,11H,9-10,12H2,1H3,(H,19,20). The molecule has 0 aromatic heterocycles. The van der Waals surface area contributed by atoms with Crippen molar-refractivity contribution in [3.05, 3.63) is 71.0 Å². The molecule has 0 aliphatic heterocycles. The molecule has 0 saturated heterocycles. The second kappa shape index (κ2) is 6.85. The number of aryl methyl sites for hydroxylation is 1. The van der Waals surface area contributed by atoms with Crippen LogP contribution in [0.5, 0.6) is 0 Å². The minimum absolute atomic E-state index is 0.0118. The molecule has 0 radical (unpaired) electrons. The maximum atomic E-state index is 12.7. The fraction of sp³-hybridized carbons (Fsp3) is 0.235. The molecule has 0 fully saturated rings. The predicted octanol–water partition coefficient (Wildman–Crippen LogP) is 3.04. The summed E-state index contributed by atoms with van der Waals surface area (Å²) in [5.41, 5.74) is 3.19. The van der Waals surface area contributed by atoms with Gasteiger partial charge in [0.25, 0.3) is 0 Å². The third-order valence-electron chi connectivity index (χ3n) is 3.10. The smallest absolute Gasteiger partial charge is 0.224 e. The zero-order valence-electron chi connectivity index (χ0n) is 11.5. The van der Waals surface area contributed by atoms with Gasteiger partial charge in [-0.25, -0.2) is 4.39 Å². The average Bonchev–Trinajstić information content (AvgIpc) is 2.41. The zero-order valence-corrected chi connectivity index (χ0v) is 11.5. The highest BCUT2D eigenvalue weighted by molar-refractivity contribution is 5.78. The molecule has 0 unspecified atom stereocenters. The van der Waals surface area contributed by atoms with Crippen LogP contribution < -0.4 is 5.32 Å². The Balaban J connectivity index is 1.76. The first kappa shape index (κ1) is 14.3. The molecule has 2 aromatic rings. The summed E-state index contributed by atoms with van der Waals surface area (Å²) in [6.45, 7) is 2.58. The van der Waals surface area contributed by atoms with Crippen LogP contribution in [0.2, 0.25) is 0 Å². The van der Waals surface area contributed by atoms with E-state index in [1.54, 1.807) is 12.1 Å². The van der Waals surface area contributed by atoms with E-state index in [1.807, 2.05) is 31.2 Å². The van der Waals surface area contributed by atoms with Crippen molar-refractivity contribution in [2.24, 2.45) is 0 Å². The van der Waals surface area contributed by atoms with Gasteiger partial charge in [0, 0.05) is 6.54 Å². The fourth-order valence-corrected chi connectivity index (χ4v) is 2.07. The van der Waals surface area contributed by atoms with E-state index in [-0.39, 0.29) is 11.7 Å². The number of amides is 1. The molecule has 0 saturated carbocycles. The number of carbonyl (C=O) groups excluding carboxylic acids is 1. The average molecular weight is 271 g/mol. The molecule has 104 valence electrons. The van der Waals surface area contributed by atoms with E-state index in [0.717, 1.165) is 16.7 Å². The minimum atomic E-state index is -0.239. The predicted molar refractivity (Wildman–Crippen MR) is 78.0 cm³/mol. The topological polar surface area (TPSA) is 29.1 Å². The van der Waals surface area contributed by atoms with Crippen LogP contribution in [-0.4, -0.2) is 12.5 Å². The first-order valence-electron chi connectivity index (χ1n) is 6.70. The largest absolute Gasteiger partial charge is 0.355 e. The Labute approximate surface area is 118 Å². The molecule has 2 nitrogen and oxygen atoms in total. The highest BCUT2D eigenvalue weighted by Gasteiger charge is 2.03. The van der Waals surface area contributed by atoms with Crippen molar-refractivity contribution in [1.82, 2.24) is 5.32 Å². The Kier molecular flexibility index (Phi) is 4.88. The van der Waals surface area contributed by atoms with Gasteiger partial charge in [0.15, 0.2) is 0 Å². The van der Waals surface area contributed by atoms with Gasteiger partial charge in [0.05, 0.1) is 6.42 Å². The van der Waals surface area contributed by atoms with Gasteiger partial charge in [-0.2, -0.15) is 0 Å². The Morgan fingerprint density at radius 2 is 1.85 bits per heavy atom. The summed E-state index contributed by atoms with van der Waals surface area (Å²) in [5.74, 6) is -0.227. The van der Waals surface area contributed by atoms with Gasteiger partial charge >= 0.3 is 0 Å². The lowest BCUT2D eigenvalue weighted by Crippen LogP contribution is -2.27. The summed E-state index contributed by atoms with van der Waals surface area (Å²) < 4.78 is 12.7. The van der Waals surface area contributed by atoms with Gasteiger partial charge in [-0.05, 0) is 36.6 Å². The summed E-state index contributed by atoms with van der Waals surface area (Å²) in [6.07, 6.45) is 1.10. The van der Waals surface area contributed by atoms with Gasteiger partial charge in [-0.3, -0.25) is 4.79 Å². The van der Waals surface area contributed by atoms with Crippen molar-refractivity contribution in [3.8, 4) is 0 Å². The van der Waals surface area contributed by atoms with Crippen molar-refractivity contribution in [3.63, 3.8) is 0 Å².